The van der Waals surface area contributed by atoms with Gasteiger partial charge in [-0.2, -0.15) is 0 Å². The van der Waals surface area contributed by atoms with Crippen LogP contribution in [0.2, 0.25) is 0 Å². The topological polar surface area (TPSA) is 0 Å². The summed E-state index contributed by atoms with van der Waals surface area (Å²) in [7, 11) is 0. The molecule has 0 heterocycles. The largest absolute Gasteiger partial charge is 1.00 e. The quantitative estimate of drug-likeness (QED) is 0.255. The van der Waals surface area contributed by atoms with Gasteiger partial charge >= 0.3 is 295 Å². The Morgan fingerprint density at radius 2 is 1.35 bits per heavy atom. The fraction of sp³-hybridized carbons (Fsp3) is 0.500. The molecule has 3 aromatic carbocycles. The van der Waals surface area contributed by atoms with E-state index < -0.39 is 21.3 Å². The molecule has 258 valence electrons. The first-order chi connectivity index (χ1) is 22.3. The van der Waals surface area contributed by atoms with E-state index in [1.807, 2.05) is 3.28 Å². The van der Waals surface area contributed by atoms with Gasteiger partial charge in [-0.25, -0.2) is 0 Å². The molecule has 49 heavy (non-hydrogen) atoms. The van der Waals surface area contributed by atoms with E-state index >= 15 is 0 Å². The number of allylic oxidation sites excluding steroid dienone is 4. The fourth-order valence-electron chi connectivity index (χ4n) is 11.0. The minimum Gasteiger partial charge on any atom is -1.00 e. The van der Waals surface area contributed by atoms with Crippen molar-refractivity contribution in [3.8, 4) is 11.1 Å². The molecule has 0 aromatic heterocycles. The van der Waals surface area contributed by atoms with Crippen LogP contribution in [0.3, 0.4) is 0 Å². The number of fused-ring (bicyclic) bond motifs is 3. The van der Waals surface area contributed by atoms with Gasteiger partial charge in [0.05, 0.1) is 0 Å². The molecule has 0 aliphatic heterocycles. The zero-order valence-corrected chi connectivity index (χ0v) is 35.1. The smallest absolute Gasteiger partial charge is 1.00 e. The molecule has 0 spiro atoms. The molecule has 3 aromatic rings. The van der Waals surface area contributed by atoms with Crippen LogP contribution in [-0.2, 0) is 38.5 Å². The average molecular weight is 771 g/mol. The molecule has 4 fully saturated rings. The third-order valence-corrected chi connectivity index (χ3v) is 20.5. The summed E-state index contributed by atoms with van der Waals surface area (Å²) in [5.74, 6) is 3.60. The van der Waals surface area contributed by atoms with Crippen molar-refractivity contribution in [2.24, 2.45) is 29.1 Å². The standard InChI is InChI=1S/C21H25.C18H25.C7H6.2ClH.Zr/c1-20(2,3)16-9-7-14-11-15-8-10-17(21(4,5)6)13-19(15)18(14)12-16;1-12-3-13(2)17(4-12)11-18-8-14-5-15(9-18)7-16(6-14)10-18;1-7-5-3-2-4-6-7;;;/h7,9-10,12-13H,11H2,1-6H3;4,12,14-16H,5-11H2,1-2H3;1-6H;2*1H;/q;;;;;+2/p-2. The molecule has 4 bridgehead atoms. The van der Waals surface area contributed by atoms with E-state index in [9.17, 15) is 0 Å². The Hall–Kier alpha value is -1.53. The van der Waals surface area contributed by atoms with E-state index in [0.29, 0.717) is 11.3 Å². The van der Waals surface area contributed by atoms with Gasteiger partial charge in [0, 0.05) is 0 Å². The van der Waals surface area contributed by atoms with Crippen LogP contribution in [0.5, 0.6) is 0 Å². The predicted molar refractivity (Wildman–Crippen MR) is 198 cm³/mol. The number of benzene rings is 3. The van der Waals surface area contributed by atoms with Crippen LogP contribution in [0.4, 0.5) is 0 Å². The van der Waals surface area contributed by atoms with Gasteiger partial charge in [-0.1, -0.05) is 0 Å². The second kappa shape index (κ2) is 13.5. The molecule has 3 heteroatoms. The summed E-state index contributed by atoms with van der Waals surface area (Å²) in [6.45, 7) is 19.4. The van der Waals surface area contributed by atoms with E-state index in [-0.39, 0.29) is 35.6 Å². The third kappa shape index (κ3) is 6.89. The Morgan fingerprint density at radius 3 is 1.94 bits per heavy atom. The van der Waals surface area contributed by atoms with Crippen LogP contribution in [0.15, 0.2) is 81.2 Å². The van der Waals surface area contributed by atoms with Gasteiger partial charge in [0.2, 0.25) is 0 Å². The Kier molecular flexibility index (Phi) is 10.2. The van der Waals surface area contributed by atoms with Gasteiger partial charge in [0.15, 0.2) is 0 Å². The molecular weight excluding hydrogens is 715 g/mol. The number of hydrogen-bond acceptors (Lipinski definition) is 0. The summed E-state index contributed by atoms with van der Waals surface area (Å²) >= 11 is -2.56. The molecule has 1 unspecified atom stereocenters. The van der Waals surface area contributed by atoms with Gasteiger partial charge in [-0.15, -0.1) is 0 Å². The summed E-state index contributed by atoms with van der Waals surface area (Å²) < 4.78 is 6.39. The van der Waals surface area contributed by atoms with Crippen molar-refractivity contribution in [3.63, 3.8) is 0 Å². The van der Waals surface area contributed by atoms with Crippen molar-refractivity contribution in [3.05, 3.63) is 109 Å². The van der Waals surface area contributed by atoms with Crippen LogP contribution in [-0.4, -0.2) is 3.71 Å². The van der Waals surface area contributed by atoms with Gasteiger partial charge in [-0.3, -0.25) is 0 Å². The summed E-state index contributed by atoms with van der Waals surface area (Å²) in [5.41, 5.74) is 14.8. The van der Waals surface area contributed by atoms with Gasteiger partial charge in [-0.05, 0) is 0 Å². The first-order valence-corrected chi connectivity index (χ1v) is 22.6. The molecule has 6 aliphatic carbocycles. The average Bonchev–Trinajstić information content (AvgIpc) is 3.49. The molecular formula is C46H56Cl2Zr. The SMILES string of the molecule is CC1=[C](/[Zr+2](=[CH]/c2ccccc2)[c]2cc(C(C)(C)C)cc3c2Cc2ccc(C(C)(C)C)cc2-3)C(C)C=C1CC12CC3CC(CC(C3)C1)C2.[Cl-].[Cl-]. The molecule has 0 nitrogen and oxygen atoms in total. The van der Waals surface area contributed by atoms with Gasteiger partial charge in [0.1, 0.15) is 0 Å². The zero-order chi connectivity index (χ0) is 32.9. The van der Waals surface area contributed by atoms with E-state index in [1.165, 1.54) is 78.3 Å². The fourth-order valence-corrected chi connectivity index (χ4v) is 18.7. The number of hydrogen-bond donors (Lipinski definition) is 0. The second-order valence-electron chi connectivity index (χ2n) is 18.7. The summed E-state index contributed by atoms with van der Waals surface area (Å²) in [6.07, 6.45) is 14.3. The predicted octanol–water partition coefficient (Wildman–Crippen LogP) is 5.41. The van der Waals surface area contributed by atoms with Crippen LogP contribution in [0, 0.1) is 29.1 Å². The summed E-state index contributed by atoms with van der Waals surface area (Å²) in [6, 6.07) is 24.0. The van der Waals surface area contributed by atoms with Crippen LogP contribution < -0.4 is 28.1 Å². The van der Waals surface area contributed by atoms with Crippen molar-refractivity contribution < 1.29 is 46.1 Å². The summed E-state index contributed by atoms with van der Waals surface area (Å²) in [4.78, 5) is 0. The minimum atomic E-state index is -2.56. The first-order valence-electron chi connectivity index (χ1n) is 18.8. The van der Waals surface area contributed by atoms with Crippen molar-refractivity contribution in [2.75, 3.05) is 0 Å². The van der Waals surface area contributed by atoms with Crippen LogP contribution in [0.1, 0.15) is 128 Å². The molecule has 6 aliphatic rings. The number of rotatable bonds is 5. The molecule has 9 rings (SSSR count). The van der Waals surface area contributed by atoms with Crippen molar-refractivity contribution >= 4 is 6.98 Å². The Bertz CT molecular complexity index is 1810. The van der Waals surface area contributed by atoms with E-state index in [0.717, 1.165) is 24.2 Å². The van der Waals surface area contributed by atoms with Gasteiger partial charge < -0.3 is 24.8 Å². The Morgan fingerprint density at radius 1 is 0.755 bits per heavy atom. The first kappa shape index (κ1) is 37.2. The molecule has 0 radical (unpaired) electrons. The van der Waals surface area contributed by atoms with E-state index in [1.54, 1.807) is 20.0 Å². The maximum atomic E-state index is 2.81. The summed E-state index contributed by atoms with van der Waals surface area (Å²) in [5, 5.41) is 0. The maximum absolute atomic E-state index is 2.81. The molecule has 1 atom stereocenters. The number of halogens is 2. The van der Waals surface area contributed by atoms with Crippen LogP contribution in [0.25, 0.3) is 11.1 Å². The molecule has 0 N–H and O–H groups in total. The van der Waals surface area contributed by atoms with E-state index in [4.69, 9.17) is 0 Å². The Balaban J connectivity index is 0.00000208. The van der Waals surface area contributed by atoms with Crippen molar-refractivity contribution in [1.82, 2.24) is 0 Å². The maximum Gasteiger partial charge on any atom is -1.00 e. The molecule has 0 amide bonds. The normalized spacial score (nSPS) is 26.7. The molecule has 4 saturated carbocycles. The third-order valence-electron chi connectivity index (χ3n) is 13.0. The van der Waals surface area contributed by atoms with Crippen LogP contribution >= 0.6 is 0 Å². The molecule has 0 saturated heterocycles. The zero-order valence-electron chi connectivity index (χ0n) is 31.2. The van der Waals surface area contributed by atoms with Crippen molar-refractivity contribution in [2.45, 2.75) is 118 Å². The minimum absolute atomic E-state index is 0. The Labute approximate surface area is 317 Å². The van der Waals surface area contributed by atoms with Gasteiger partial charge in [0.25, 0.3) is 0 Å². The second-order valence-corrected chi connectivity index (χ2v) is 24.1. The van der Waals surface area contributed by atoms with E-state index in [2.05, 4.69) is 126 Å². The monoisotopic (exact) mass is 768 g/mol. The van der Waals surface area contributed by atoms with Crippen molar-refractivity contribution in [1.29, 1.82) is 0 Å².